The van der Waals surface area contributed by atoms with Crippen LogP contribution >= 0.6 is 11.3 Å². The number of aromatic nitrogens is 2. The molecule has 0 radical (unpaired) electrons. The summed E-state index contributed by atoms with van der Waals surface area (Å²) in [4.78, 5) is 15.1. The minimum Gasteiger partial charge on any atom is -0.379 e. The van der Waals surface area contributed by atoms with Gasteiger partial charge in [-0.3, -0.25) is 4.90 Å². The van der Waals surface area contributed by atoms with Crippen molar-refractivity contribution in [2.45, 2.75) is 58.1 Å². The van der Waals surface area contributed by atoms with E-state index < -0.39 is 0 Å². The number of ether oxygens (including phenoxy) is 2. The fraction of sp³-hybridized carbons (Fsp3) is 0.727. The second-order valence-corrected chi connectivity index (χ2v) is 9.84. The van der Waals surface area contributed by atoms with Gasteiger partial charge in [0.1, 0.15) is 16.5 Å². The Morgan fingerprint density at radius 3 is 2.90 bits per heavy atom. The number of thiophene rings is 1. The van der Waals surface area contributed by atoms with Crippen molar-refractivity contribution in [3.05, 3.63) is 16.3 Å². The molecule has 5 rings (SSSR count). The number of hydrogen-bond donors (Lipinski definition) is 1. The number of hydrogen-bond acceptors (Lipinski definition) is 7. The molecule has 2 aliphatic heterocycles. The van der Waals surface area contributed by atoms with Crippen molar-refractivity contribution in [1.29, 1.82) is 0 Å². The molecule has 0 aromatic carbocycles. The van der Waals surface area contributed by atoms with Crippen LogP contribution < -0.4 is 5.32 Å². The molecule has 0 amide bonds. The highest BCUT2D eigenvalue weighted by Crippen LogP contribution is 2.40. The van der Waals surface area contributed by atoms with Gasteiger partial charge in [0.25, 0.3) is 0 Å². The standard InChI is InChI=1S/C22H32N4O2S/c1-15-4-5-17-18(13-15)29-22-20(17)21(23-7-6-16-3-2-10-28-16)24-19(25-22)14-26-8-11-27-12-9-26/h15-16H,2-14H2,1H3,(H,23,24,25). The zero-order valence-corrected chi connectivity index (χ0v) is 18.2. The molecule has 4 heterocycles. The highest BCUT2D eigenvalue weighted by atomic mass is 32.1. The third-order valence-corrected chi connectivity index (χ3v) is 7.60. The van der Waals surface area contributed by atoms with Crippen molar-refractivity contribution in [3.8, 4) is 0 Å². The summed E-state index contributed by atoms with van der Waals surface area (Å²) >= 11 is 1.89. The Bertz CT molecular complexity index is 843. The van der Waals surface area contributed by atoms with Gasteiger partial charge in [0.15, 0.2) is 0 Å². The van der Waals surface area contributed by atoms with E-state index in [1.165, 1.54) is 46.3 Å². The molecule has 2 aromatic rings. The number of fused-ring (bicyclic) bond motifs is 3. The van der Waals surface area contributed by atoms with Crippen molar-refractivity contribution in [2.24, 2.45) is 5.92 Å². The van der Waals surface area contributed by atoms with Gasteiger partial charge in [-0.1, -0.05) is 6.92 Å². The molecule has 3 aliphatic rings. The summed E-state index contributed by atoms with van der Waals surface area (Å²) in [6.45, 7) is 8.53. The van der Waals surface area contributed by atoms with Gasteiger partial charge in [0.2, 0.25) is 0 Å². The molecule has 0 spiro atoms. The lowest BCUT2D eigenvalue weighted by Gasteiger charge is -2.26. The second kappa shape index (κ2) is 8.84. The quantitative estimate of drug-likeness (QED) is 0.776. The van der Waals surface area contributed by atoms with E-state index in [0.717, 1.165) is 76.4 Å². The third kappa shape index (κ3) is 4.43. The summed E-state index contributed by atoms with van der Waals surface area (Å²) in [6, 6.07) is 0. The monoisotopic (exact) mass is 416 g/mol. The van der Waals surface area contributed by atoms with Gasteiger partial charge >= 0.3 is 0 Å². The van der Waals surface area contributed by atoms with Gasteiger partial charge in [-0.25, -0.2) is 9.97 Å². The van der Waals surface area contributed by atoms with Crippen LogP contribution in [0.2, 0.25) is 0 Å². The highest BCUT2D eigenvalue weighted by Gasteiger charge is 2.25. The topological polar surface area (TPSA) is 59.5 Å². The average molecular weight is 417 g/mol. The van der Waals surface area contributed by atoms with Crippen molar-refractivity contribution in [3.63, 3.8) is 0 Å². The van der Waals surface area contributed by atoms with Crippen molar-refractivity contribution < 1.29 is 9.47 Å². The van der Waals surface area contributed by atoms with Crippen LogP contribution in [-0.4, -0.2) is 60.4 Å². The first-order valence-electron chi connectivity index (χ1n) is 11.2. The molecule has 2 aromatic heterocycles. The van der Waals surface area contributed by atoms with Gasteiger partial charge in [-0.05, 0) is 50.0 Å². The van der Waals surface area contributed by atoms with Crippen molar-refractivity contribution >= 4 is 27.4 Å². The minimum atomic E-state index is 0.407. The van der Waals surface area contributed by atoms with Crippen LogP contribution in [0.25, 0.3) is 10.2 Å². The van der Waals surface area contributed by atoms with E-state index in [4.69, 9.17) is 19.4 Å². The lowest BCUT2D eigenvalue weighted by atomic mass is 9.89. The van der Waals surface area contributed by atoms with Crippen LogP contribution in [0, 0.1) is 5.92 Å². The first-order valence-corrected chi connectivity index (χ1v) is 12.0. The molecule has 6 nitrogen and oxygen atoms in total. The Hall–Kier alpha value is -1.28. The highest BCUT2D eigenvalue weighted by molar-refractivity contribution is 7.19. The van der Waals surface area contributed by atoms with E-state index in [-0.39, 0.29) is 0 Å². The summed E-state index contributed by atoms with van der Waals surface area (Å²) in [7, 11) is 0. The van der Waals surface area contributed by atoms with Crippen LogP contribution in [0.4, 0.5) is 5.82 Å². The normalized spacial score (nSPS) is 25.4. The lowest BCUT2D eigenvalue weighted by molar-refractivity contribution is 0.0331. The molecule has 7 heteroatoms. The third-order valence-electron chi connectivity index (χ3n) is 6.45. The van der Waals surface area contributed by atoms with Gasteiger partial charge in [0.05, 0.1) is 31.2 Å². The number of anilines is 1. The van der Waals surface area contributed by atoms with Gasteiger partial charge in [0, 0.05) is 31.1 Å². The Morgan fingerprint density at radius 1 is 1.17 bits per heavy atom. The second-order valence-electron chi connectivity index (χ2n) is 8.76. The molecule has 2 unspecified atom stereocenters. The maximum atomic E-state index is 5.80. The van der Waals surface area contributed by atoms with Crippen LogP contribution in [-0.2, 0) is 28.9 Å². The number of nitrogens with zero attached hydrogens (tertiary/aromatic N) is 3. The van der Waals surface area contributed by atoms with E-state index in [2.05, 4.69) is 17.1 Å². The molecule has 2 saturated heterocycles. The summed E-state index contributed by atoms with van der Waals surface area (Å²) < 4.78 is 11.3. The minimum absolute atomic E-state index is 0.407. The Labute approximate surface area is 177 Å². The van der Waals surface area contributed by atoms with Crippen LogP contribution in [0.5, 0.6) is 0 Å². The van der Waals surface area contributed by atoms with E-state index in [0.29, 0.717) is 6.10 Å². The summed E-state index contributed by atoms with van der Waals surface area (Å²) in [5.41, 5.74) is 1.50. The first-order chi connectivity index (χ1) is 14.3. The SMILES string of the molecule is CC1CCc2c(sc3nc(CN4CCOCC4)nc(NCCC4CCCO4)c23)C1. The van der Waals surface area contributed by atoms with E-state index in [9.17, 15) is 0 Å². The van der Waals surface area contributed by atoms with Gasteiger partial charge in [-0.2, -0.15) is 0 Å². The molecule has 1 aliphatic carbocycles. The van der Waals surface area contributed by atoms with Crippen LogP contribution in [0.3, 0.4) is 0 Å². The van der Waals surface area contributed by atoms with E-state index >= 15 is 0 Å². The molecule has 0 saturated carbocycles. The zero-order valence-electron chi connectivity index (χ0n) is 17.4. The Morgan fingerprint density at radius 2 is 2.07 bits per heavy atom. The number of morpholine rings is 1. The van der Waals surface area contributed by atoms with E-state index in [1.807, 2.05) is 11.3 Å². The smallest absolute Gasteiger partial charge is 0.146 e. The van der Waals surface area contributed by atoms with Crippen LogP contribution in [0.1, 0.15) is 48.9 Å². The molecular weight excluding hydrogens is 384 g/mol. The molecule has 1 N–H and O–H groups in total. The van der Waals surface area contributed by atoms with Crippen LogP contribution in [0.15, 0.2) is 0 Å². The maximum absolute atomic E-state index is 5.80. The van der Waals surface area contributed by atoms with Crippen molar-refractivity contribution in [1.82, 2.24) is 14.9 Å². The lowest BCUT2D eigenvalue weighted by Crippen LogP contribution is -2.36. The molecule has 0 bridgehead atoms. The first kappa shape index (κ1) is 19.7. The predicted octanol–water partition coefficient (Wildman–Crippen LogP) is 3.63. The predicted molar refractivity (Wildman–Crippen MR) is 117 cm³/mol. The summed E-state index contributed by atoms with van der Waals surface area (Å²) in [5.74, 6) is 2.75. The van der Waals surface area contributed by atoms with E-state index in [1.54, 1.807) is 0 Å². The summed E-state index contributed by atoms with van der Waals surface area (Å²) in [6.07, 6.45) is 7.45. The Kier molecular flexibility index (Phi) is 5.99. The average Bonchev–Trinajstić information content (AvgIpc) is 3.35. The molecule has 2 atom stereocenters. The molecular formula is C22H32N4O2S. The van der Waals surface area contributed by atoms with Crippen molar-refractivity contribution in [2.75, 3.05) is 44.8 Å². The largest absolute Gasteiger partial charge is 0.379 e. The molecule has 158 valence electrons. The fourth-order valence-corrected chi connectivity index (χ4v) is 6.17. The molecule has 2 fully saturated rings. The summed E-state index contributed by atoms with van der Waals surface area (Å²) in [5, 5.41) is 4.96. The van der Waals surface area contributed by atoms with Gasteiger partial charge < -0.3 is 14.8 Å². The number of rotatable bonds is 6. The fourth-order valence-electron chi connectivity index (χ4n) is 4.77. The van der Waals surface area contributed by atoms with Gasteiger partial charge in [-0.15, -0.1) is 11.3 Å². The maximum Gasteiger partial charge on any atom is 0.146 e. The number of nitrogens with one attached hydrogen (secondary N) is 1. The Balaban J connectivity index is 1.41. The molecule has 29 heavy (non-hydrogen) atoms. The zero-order chi connectivity index (χ0) is 19.6. The number of aryl methyl sites for hydroxylation is 1.